The van der Waals surface area contributed by atoms with Crippen LogP contribution in [-0.2, 0) is 9.59 Å². The smallest absolute Gasteiger partial charge is 0.321 e. The van der Waals surface area contributed by atoms with Crippen molar-refractivity contribution in [1.82, 2.24) is 5.32 Å². The SMILES string of the molecule is CNC(C(=O)O)C(C(C)=O)C(C)C. The second kappa shape index (κ2) is 4.97. The van der Waals surface area contributed by atoms with Crippen molar-refractivity contribution in [2.45, 2.75) is 26.8 Å². The van der Waals surface area contributed by atoms with Crippen LogP contribution in [0.1, 0.15) is 20.8 Å². The number of likely N-dealkylation sites (N-methyl/N-ethyl adjacent to an activating group) is 1. The fourth-order valence-electron chi connectivity index (χ4n) is 1.55. The Bertz CT molecular complexity index is 201. The maximum absolute atomic E-state index is 11.2. The molecule has 0 aromatic carbocycles. The lowest BCUT2D eigenvalue weighted by Gasteiger charge is -2.24. The van der Waals surface area contributed by atoms with Gasteiger partial charge in [-0.3, -0.25) is 9.59 Å². The average Bonchev–Trinajstić information content (AvgIpc) is 1.97. The van der Waals surface area contributed by atoms with Crippen molar-refractivity contribution in [2.24, 2.45) is 11.8 Å². The summed E-state index contributed by atoms with van der Waals surface area (Å²) in [6.07, 6.45) is 0. The van der Waals surface area contributed by atoms with Crippen LogP contribution in [0.15, 0.2) is 0 Å². The monoisotopic (exact) mass is 187 g/mol. The molecule has 0 rings (SSSR count). The van der Waals surface area contributed by atoms with E-state index in [-0.39, 0.29) is 11.7 Å². The van der Waals surface area contributed by atoms with Gasteiger partial charge >= 0.3 is 5.97 Å². The fourth-order valence-corrected chi connectivity index (χ4v) is 1.55. The highest BCUT2D eigenvalue weighted by Gasteiger charge is 2.32. The molecule has 4 nitrogen and oxygen atoms in total. The number of carboxylic acid groups (broad SMARTS) is 1. The van der Waals surface area contributed by atoms with E-state index in [9.17, 15) is 9.59 Å². The van der Waals surface area contributed by atoms with Crippen LogP contribution in [0.5, 0.6) is 0 Å². The van der Waals surface area contributed by atoms with Gasteiger partial charge in [0.1, 0.15) is 11.8 Å². The van der Waals surface area contributed by atoms with Crippen molar-refractivity contribution in [1.29, 1.82) is 0 Å². The van der Waals surface area contributed by atoms with Crippen LogP contribution in [0.3, 0.4) is 0 Å². The summed E-state index contributed by atoms with van der Waals surface area (Å²) in [6, 6.07) is -0.780. The molecular formula is C9H17NO3. The summed E-state index contributed by atoms with van der Waals surface area (Å²) in [4.78, 5) is 22.0. The highest BCUT2D eigenvalue weighted by Crippen LogP contribution is 2.16. The molecule has 0 aliphatic carbocycles. The molecule has 0 amide bonds. The third-order valence-corrected chi connectivity index (χ3v) is 2.12. The number of aliphatic carboxylic acids is 1. The number of carbonyl (C=O) groups excluding carboxylic acids is 1. The zero-order valence-corrected chi connectivity index (χ0v) is 8.50. The summed E-state index contributed by atoms with van der Waals surface area (Å²) in [6.45, 7) is 5.12. The van der Waals surface area contributed by atoms with Gasteiger partial charge in [0, 0.05) is 5.92 Å². The van der Waals surface area contributed by atoms with Gasteiger partial charge in [0.2, 0.25) is 0 Å². The molecule has 0 aliphatic heterocycles. The van der Waals surface area contributed by atoms with E-state index >= 15 is 0 Å². The number of carbonyl (C=O) groups is 2. The van der Waals surface area contributed by atoms with Gasteiger partial charge < -0.3 is 10.4 Å². The standard InChI is InChI=1S/C9H17NO3/c1-5(2)7(6(3)11)8(10-4)9(12)13/h5,7-8,10H,1-4H3,(H,12,13). The molecule has 0 spiro atoms. The van der Waals surface area contributed by atoms with E-state index in [0.29, 0.717) is 0 Å². The van der Waals surface area contributed by atoms with Crippen LogP contribution in [0, 0.1) is 11.8 Å². The summed E-state index contributed by atoms with van der Waals surface area (Å²) < 4.78 is 0. The number of carboxylic acids is 1. The summed E-state index contributed by atoms with van der Waals surface area (Å²) >= 11 is 0. The third-order valence-electron chi connectivity index (χ3n) is 2.12. The van der Waals surface area contributed by atoms with Crippen LogP contribution in [0.25, 0.3) is 0 Å². The molecule has 0 heterocycles. The Hall–Kier alpha value is -0.900. The van der Waals surface area contributed by atoms with Gasteiger partial charge in [0.15, 0.2) is 0 Å². The number of rotatable bonds is 5. The van der Waals surface area contributed by atoms with Crippen LogP contribution >= 0.6 is 0 Å². The van der Waals surface area contributed by atoms with Crippen LogP contribution < -0.4 is 5.32 Å². The lowest BCUT2D eigenvalue weighted by atomic mass is 9.85. The minimum absolute atomic E-state index is 0.0334. The van der Waals surface area contributed by atoms with Crippen LogP contribution in [0.2, 0.25) is 0 Å². The molecule has 76 valence electrons. The molecule has 2 N–H and O–H groups in total. The Kier molecular flexibility index (Phi) is 4.62. The molecular weight excluding hydrogens is 170 g/mol. The van der Waals surface area contributed by atoms with E-state index in [1.54, 1.807) is 7.05 Å². The molecule has 0 bridgehead atoms. The Morgan fingerprint density at radius 1 is 1.31 bits per heavy atom. The quantitative estimate of drug-likeness (QED) is 0.658. The van der Waals surface area contributed by atoms with E-state index in [4.69, 9.17) is 5.11 Å². The highest BCUT2D eigenvalue weighted by molar-refractivity contribution is 5.86. The second-order valence-electron chi connectivity index (χ2n) is 3.49. The van der Waals surface area contributed by atoms with E-state index in [2.05, 4.69) is 5.32 Å². The van der Waals surface area contributed by atoms with Crippen molar-refractivity contribution < 1.29 is 14.7 Å². The lowest BCUT2D eigenvalue weighted by molar-refractivity contribution is -0.144. The van der Waals surface area contributed by atoms with Crippen molar-refractivity contribution >= 4 is 11.8 Å². The Morgan fingerprint density at radius 2 is 1.77 bits per heavy atom. The minimum Gasteiger partial charge on any atom is -0.480 e. The first kappa shape index (κ1) is 12.1. The molecule has 0 aromatic heterocycles. The Morgan fingerprint density at radius 3 is 1.85 bits per heavy atom. The Labute approximate surface area is 78.3 Å². The maximum Gasteiger partial charge on any atom is 0.321 e. The summed E-state index contributed by atoms with van der Waals surface area (Å²) in [5.41, 5.74) is 0. The highest BCUT2D eigenvalue weighted by atomic mass is 16.4. The lowest BCUT2D eigenvalue weighted by Crippen LogP contribution is -2.45. The van der Waals surface area contributed by atoms with Gasteiger partial charge in [0.25, 0.3) is 0 Å². The van der Waals surface area contributed by atoms with Crippen molar-refractivity contribution in [3.8, 4) is 0 Å². The zero-order valence-electron chi connectivity index (χ0n) is 8.50. The summed E-state index contributed by atoms with van der Waals surface area (Å²) in [5.74, 6) is -1.48. The normalized spacial score (nSPS) is 15.5. The van der Waals surface area contributed by atoms with Crippen LogP contribution in [-0.4, -0.2) is 29.9 Å². The van der Waals surface area contributed by atoms with E-state index in [1.165, 1.54) is 6.92 Å². The topological polar surface area (TPSA) is 66.4 Å². The number of Topliss-reactive ketones (excluding diaryl/α,β-unsaturated/α-hetero) is 1. The van der Waals surface area contributed by atoms with Gasteiger partial charge in [-0.25, -0.2) is 0 Å². The first-order valence-corrected chi connectivity index (χ1v) is 4.32. The van der Waals surface area contributed by atoms with Gasteiger partial charge in [-0.15, -0.1) is 0 Å². The molecule has 0 radical (unpaired) electrons. The largest absolute Gasteiger partial charge is 0.480 e. The molecule has 4 heteroatoms. The van der Waals surface area contributed by atoms with Gasteiger partial charge in [-0.1, -0.05) is 13.8 Å². The maximum atomic E-state index is 11.2. The average molecular weight is 187 g/mol. The van der Waals surface area contributed by atoms with Gasteiger partial charge in [-0.2, -0.15) is 0 Å². The molecule has 0 fully saturated rings. The third kappa shape index (κ3) is 3.14. The first-order valence-electron chi connectivity index (χ1n) is 4.32. The van der Waals surface area contributed by atoms with E-state index < -0.39 is 17.9 Å². The molecule has 13 heavy (non-hydrogen) atoms. The molecule has 0 aliphatic rings. The van der Waals surface area contributed by atoms with Crippen molar-refractivity contribution in [3.05, 3.63) is 0 Å². The second-order valence-corrected chi connectivity index (χ2v) is 3.49. The minimum atomic E-state index is -0.976. The van der Waals surface area contributed by atoms with Crippen molar-refractivity contribution in [3.63, 3.8) is 0 Å². The number of ketones is 1. The fraction of sp³-hybridized carbons (Fsp3) is 0.778. The van der Waals surface area contributed by atoms with E-state index in [1.807, 2.05) is 13.8 Å². The number of hydrogen-bond acceptors (Lipinski definition) is 3. The Balaban J connectivity index is 4.69. The first-order chi connectivity index (χ1) is 5.91. The molecule has 0 saturated carbocycles. The van der Waals surface area contributed by atoms with Crippen LogP contribution in [0.4, 0.5) is 0 Å². The van der Waals surface area contributed by atoms with E-state index in [0.717, 1.165) is 0 Å². The predicted molar refractivity (Wildman–Crippen MR) is 49.5 cm³/mol. The number of nitrogens with one attached hydrogen (secondary N) is 1. The summed E-state index contributed by atoms with van der Waals surface area (Å²) in [5, 5.41) is 11.5. The van der Waals surface area contributed by atoms with Gasteiger partial charge in [0.05, 0.1) is 0 Å². The number of hydrogen-bond donors (Lipinski definition) is 2. The van der Waals surface area contributed by atoms with Crippen molar-refractivity contribution in [2.75, 3.05) is 7.05 Å². The molecule has 2 atom stereocenters. The molecule has 0 saturated heterocycles. The molecule has 2 unspecified atom stereocenters. The predicted octanol–water partition coefficient (Wildman–Crippen LogP) is 0.520. The zero-order chi connectivity index (χ0) is 10.6. The van der Waals surface area contributed by atoms with Gasteiger partial charge in [-0.05, 0) is 19.9 Å². The molecule has 0 aromatic rings. The summed E-state index contributed by atoms with van der Waals surface area (Å²) in [7, 11) is 1.55.